The smallest absolute Gasteiger partial charge is 0.141 e. The maximum Gasteiger partial charge on any atom is 0.141 e. The second kappa shape index (κ2) is 3.10. The van der Waals surface area contributed by atoms with Crippen LogP contribution in [0.2, 0.25) is 0 Å². The minimum absolute atomic E-state index is 0.263. The van der Waals surface area contributed by atoms with Gasteiger partial charge in [0.1, 0.15) is 18.0 Å². The zero-order valence-electron chi connectivity index (χ0n) is 6.91. The number of hydrogen-bond donors (Lipinski definition) is 0. The highest BCUT2D eigenvalue weighted by atomic mass is 32.1. The third-order valence-electron chi connectivity index (χ3n) is 1.93. The lowest BCUT2D eigenvalue weighted by Gasteiger charge is -1.95. The second-order valence-corrected chi connectivity index (χ2v) is 3.55. The Bertz CT molecular complexity index is 586. The predicted octanol–water partition coefficient (Wildman–Crippen LogP) is 2.78. The highest BCUT2D eigenvalue weighted by Crippen LogP contribution is 2.29. The molecule has 1 heterocycles. The Hall–Kier alpha value is -1.91. The molecule has 0 aliphatic carbocycles. The molecule has 0 atom stereocenters. The Morgan fingerprint density at radius 3 is 2.64 bits per heavy atom. The second-order valence-electron chi connectivity index (χ2n) is 2.67. The van der Waals surface area contributed by atoms with E-state index in [4.69, 9.17) is 10.5 Å². The van der Waals surface area contributed by atoms with Gasteiger partial charge in [0.25, 0.3) is 0 Å². The standard InChI is InChI=1S/C10H3FN2S/c11-9-5-14-10-7(9)2-1-6(3-12)8(10)4-13/h1-2,5H. The van der Waals surface area contributed by atoms with Crippen molar-refractivity contribution >= 4 is 21.4 Å². The zero-order valence-corrected chi connectivity index (χ0v) is 7.73. The van der Waals surface area contributed by atoms with E-state index in [1.54, 1.807) is 0 Å². The molecule has 0 amide bonds. The summed E-state index contributed by atoms with van der Waals surface area (Å²) in [5, 5.41) is 19.3. The van der Waals surface area contributed by atoms with Gasteiger partial charge in [-0.25, -0.2) is 4.39 Å². The third-order valence-corrected chi connectivity index (χ3v) is 2.91. The molecule has 66 valence electrons. The summed E-state index contributed by atoms with van der Waals surface area (Å²) < 4.78 is 13.7. The SMILES string of the molecule is N#Cc1ccc2c(F)csc2c1C#N. The summed E-state index contributed by atoms with van der Waals surface area (Å²) >= 11 is 1.15. The van der Waals surface area contributed by atoms with Gasteiger partial charge in [0, 0.05) is 10.8 Å². The van der Waals surface area contributed by atoms with E-state index in [2.05, 4.69) is 0 Å². The van der Waals surface area contributed by atoms with Crippen molar-refractivity contribution in [2.75, 3.05) is 0 Å². The Labute approximate surface area is 83.4 Å². The van der Waals surface area contributed by atoms with Crippen LogP contribution in [0, 0.1) is 28.5 Å². The van der Waals surface area contributed by atoms with Crippen molar-refractivity contribution in [1.82, 2.24) is 0 Å². The first-order valence-electron chi connectivity index (χ1n) is 3.78. The largest absolute Gasteiger partial charge is 0.205 e. The fourth-order valence-electron chi connectivity index (χ4n) is 1.27. The van der Waals surface area contributed by atoms with E-state index in [0.29, 0.717) is 15.6 Å². The summed E-state index contributed by atoms with van der Waals surface area (Å²) in [6.45, 7) is 0. The first-order chi connectivity index (χ1) is 6.77. The maximum atomic E-state index is 13.1. The molecule has 0 aliphatic heterocycles. The molecular weight excluding hydrogens is 199 g/mol. The maximum absolute atomic E-state index is 13.1. The fraction of sp³-hybridized carbons (Fsp3) is 0. The van der Waals surface area contributed by atoms with Crippen LogP contribution in [0.15, 0.2) is 17.5 Å². The first kappa shape index (κ1) is 8.68. The van der Waals surface area contributed by atoms with Gasteiger partial charge in [-0.3, -0.25) is 0 Å². The number of benzene rings is 1. The zero-order chi connectivity index (χ0) is 10.1. The topological polar surface area (TPSA) is 47.6 Å². The number of nitriles is 2. The molecule has 4 heteroatoms. The molecule has 0 spiro atoms. The molecule has 2 rings (SSSR count). The molecule has 0 saturated heterocycles. The van der Waals surface area contributed by atoms with Crippen molar-refractivity contribution in [2.45, 2.75) is 0 Å². The summed E-state index contributed by atoms with van der Waals surface area (Å²) in [5.41, 5.74) is 0.556. The van der Waals surface area contributed by atoms with Crippen LogP contribution in [0.3, 0.4) is 0 Å². The lowest BCUT2D eigenvalue weighted by molar-refractivity contribution is 0.644. The van der Waals surface area contributed by atoms with Gasteiger partial charge in [-0.15, -0.1) is 11.3 Å². The summed E-state index contributed by atoms with van der Waals surface area (Å²) in [6, 6.07) is 6.83. The average molecular weight is 202 g/mol. The highest BCUT2D eigenvalue weighted by molar-refractivity contribution is 7.17. The summed E-state index contributed by atoms with van der Waals surface area (Å²) in [5.74, 6) is -0.342. The van der Waals surface area contributed by atoms with E-state index in [-0.39, 0.29) is 11.4 Å². The highest BCUT2D eigenvalue weighted by Gasteiger charge is 2.11. The molecule has 14 heavy (non-hydrogen) atoms. The van der Waals surface area contributed by atoms with Crippen LogP contribution in [0.1, 0.15) is 11.1 Å². The van der Waals surface area contributed by atoms with Gasteiger partial charge in [-0.05, 0) is 12.1 Å². The molecule has 1 aromatic carbocycles. The molecule has 0 bridgehead atoms. The Morgan fingerprint density at radius 2 is 2.00 bits per heavy atom. The third kappa shape index (κ3) is 1.06. The number of nitrogens with zero attached hydrogens (tertiary/aromatic N) is 2. The van der Waals surface area contributed by atoms with E-state index in [9.17, 15) is 4.39 Å². The van der Waals surface area contributed by atoms with E-state index in [1.807, 2.05) is 12.1 Å². The van der Waals surface area contributed by atoms with Crippen LogP contribution in [0.25, 0.3) is 10.1 Å². The van der Waals surface area contributed by atoms with Crippen molar-refractivity contribution in [1.29, 1.82) is 10.5 Å². The van der Waals surface area contributed by atoms with Gasteiger partial charge in [0.15, 0.2) is 0 Å². The molecule has 0 radical (unpaired) electrons. The van der Waals surface area contributed by atoms with Crippen LogP contribution in [0.5, 0.6) is 0 Å². The predicted molar refractivity (Wildman–Crippen MR) is 51.2 cm³/mol. The van der Waals surface area contributed by atoms with Gasteiger partial charge in [0.05, 0.1) is 15.8 Å². The van der Waals surface area contributed by atoms with Crippen LogP contribution in [-0.2, 0) is 0 Å². The number of thiophene rings is 1. The van der Waals surface area contributed by atoms with Crippen LogP contribution in [0.4, 0.5) is 4.39 Å². The van der Waals surface area contributed by atoms with Crippen molar-refractivity contribution in [3.8, 4) is 12.1 Å². The molecule has 0 unspecified atom stereocenters. The molecule has 0 fully saturated rings. The van der Waals surface area contributed by atoms with Crippen LogP contribution >= 0.6 is 11.3 Å². The lowest BCUT2D eigenvalue weighted by atomic mass is 10.1. The molecule has 0 aliphatic rings. The normalized spacial score (nSPS) is 9.64. The van der Waals surface area contributed by atoms with E-state index < -0.39 is 0 Å². The van der Waals surface area contributed by atoms with Crippen LogP contribution in [-0.4, -0.2) is 0 Å². The van der Waals surface area contributed by atoms with E-state index >= 15 is 0 Å². The van der Waals surface area contributed by atoms with Gasteiger partial charge in [-0.1, -0.05) is 0 Å². The quantitative estimate of drug-likeness (QED) is 0.659. The van der Waals surface area contributed by atoms with Gasteiger partial charge in [-0.2, -0.15) is 10.5 Å². The lowest BCUT2D eigenvalue weighted by Crippen LogP contribution is -1.83. The molecule has 0 saturated carbocycles. The number of rotatable bonds is 0. The molecule has 0 N–H and O–H groups in total. The Balaban J connectivity index is 2.95. The summed E-state index contributed by atoms with van der Waals surface area (Å²) in [4.78, 5) is 0. The minimum Gasteiger partial charge on any atom is -0.205 e. The Kier molecular flexibility index (Phi) is 1.92. The number of fused-ring (bicyclic) bond motifs is 1. The van der Waals surface area contributed by atoms with Gasteiger partial charge < -0.3 is 0 Å². The minimum atomic E-state index is -0.342. The summed E-state index contributed by atoms with van der Waals surface area (Å²) in [6.07, 6.45) is 0. The van der Waals surface area contributed by atoms with Crippen molar-refractivity contribution in [2.24, 2.45) is 0 Å². The summed E-state index contributed by atoms with van der Waals surface area (Å²) in [7, 11) is 0. The monoisotopic (exact) mass is 202 g/mol. The molecule has 1 aromatic heterocycles. The Morgan fingerprint density at radius 1 is 1.21 bits per heavy atom. The van der Waals surface area contributed by atoms with E-state index in [1.165, 1.54) is 17.5 Å². The van der Waals surface area contributed by atoms with Crippen molar-refractivity contribution in [3.05, 3.63) is 34.5 Å². The number of halogens is 1. The molecule has 2 aromatic rings. The molecule has 2 nitrogen and oxygen atoms in total. The fourth-order valence-corrected chi connectivity index (χ4v) is 2.19. The van der Waals surface area contributed by atoms with E-state index in [0.717, 1.165) is 11.3 Å². The van der Waals surface area contributed by atoms with Crippen molar-refractivity contribution in [3.63, 3.8) is 0 Å². The van der Waals surface area contributed by atoms with Crippen LogP contribution < -0.4 is 0 Å². The first-order valence-corrected chi connectivity index (χ1v) is 4.66. The van der Waals surface area contributed by atoms with Crippen molar-refractivity contribution < 1.29 is 4.39 Å². The van der Waals surface area contributed by atoms with Gasteiger partial charge >= 0.3 is 0 Å². The average Bonchev–Trinajstić information content (AvgIpc) is 2.59. The number of hydrogen-bond acceptors (Lipinski definition) is 3. The van der Waals surface area contributed by atoms with Gasteiger partial charge in [0.2, 0.25) is 0 Å². The molecular formula is C10H3FN2S.